The molecule has 0 amide bonds. The van der Waals surface area contributed by atoms with Crippen LogP contribution in [0.2, 0.25) is 5.02 Å². The summed E-state index contributed by atoms with van der Waals surface area (Å²) in [6, 6.07) is 7.18. The number of aromatic nitrogens is 3. The zero-order valence-corrected chi connectivity index (χ0v) is 22.2. The first-order chi connectivity index (χ1) is 16.5. The lowest BCUT2D eigenvalue weighted by atomic mass is 10.1. The van der Waals surface area contributed by atoms with Crippen LogP contribution in [-0.4, -0.2) is 39.2 Å². The number of aryl methyl sites for hydroxylation is 1. The van der Waals surface area contributed by atoms with Gasteiger partial charge in [0, 0.05) is 24.2 Å². The number of halogens is 2. The van der Waals surface area contributed by atoms with Crippen molar-refractivity contribution in [2.45, 2.75) is 39.9 Å². The van der Waals surface area contributed by atoms with Crippen molar-refractivity contribution in [1.29, 1.82) is 0 Å². The Hall–Kier alpha value is -2.85. The van der Waals surface area contributed by atoms with Gasteiger partial charge in [-0.15, -0.1) is 11.3 Å². The fourth-order valence-corrected chi connectivity index (χ4v) is 3.90. The zero-order valence-electron chi connectivity index (χ0n) is 19.9. The Kier molecular flexibility index (Phi) is 8.60. The molecule has 184 valence electrons. The maximum atomic E-state index is 11.3. The summed E-state index contributed by atoms with van der Waals surface area (Å²) < 4.78 is 5.69. The number of aldehydes is 1. The molecular weight excluding hydrogens is 509 g/mol. The van der Waals surface area contributed by atoms with E-state index in [1.54, 1.807) is 51.0 Å². The summed E-state index contributed by atoms with van der Waals surface area (Å²) in [5, 5.41) is 13.4. The van der Waals surface area contributed by atoms with E-state index >= 15 is 0 Å². The van der Waals surface area contributed by atoms with E-state index in [1.807, 2.05) is 24.4 Å². The molecule has 3 aromatic rings. The lowest BCUT2D eigenvalue weighted by molar-refractivity contribution is -0.104. The monoisotopic (exact) mass is 533 g/mol. The average Bonchev–Trinajstić information content (AvgIpc) is 3.25. The Bertz CT molecular complexity index is 1280. The third-order valence-electron chi connectivity index (χ3n) is 4.89. The molecule has 8 nitrogen and oxygen atoms in total. The number of nitrogens with zero attached hydrogens (tertiary/aromatic N) is 5. The van der Waals surface area contributed by atoms with Crippen LogP contribution in [0.3, 0.4) is 0 Å². The van der Waals surface area contributed by atoms with E-state index in [2.05, 4.69) is 19.9 Å². The molecule has 0 spiro atoms. The van der Waals surface area contributed by atoms with E-state index < -0.39 is 5.60 Å². The SMILES string of the molecule is C/C(=N/C(OCc1csc(C)n1)=C(/Cl)C=O)N(C)c1cc(-c2ccnc(C(C)(C)O)n2)ccc1Cl. The summed E-state index contributed by atoms with van der Waals surface area (Å²) in [5.41, 5.74) is 1.58. The third-order valence-corrected chi connectivity index (χ3v) is 6.28. The van der Waals surface area contributed by atoms with E-state index in [1.165, 1.54) is 11.3 Å². The van der Waals surface area contributed by atoms with Crippen LogP contribution in [-0.2, 0) is 21.7 Å². The van der Waals surface area contributed by atoms with Crippen molar-refractivity contribution >= 4 is 52.3 Å². The van der Waals surface area contributed by atoms with Crippen LogP contribution in [0.25, 0.3) is 11.3 Å². The number of anilines is 1. The molecule has 0 saturated heterocycles. The van der Waals surface area contributed by atoms with Gasteiger partial charge >= 0.3 is 0 Å². The second-order valence-electron chi connectivity index (χ2n) is 8.13. The second-order valence-corrected chi connectivity index (χ2v) is 10.0. The van der Waals surface area contributed by atoms with Gasteiger partial charge in [-0.1, -0.05) is 29.3 Å². The van der Waals surface area contributed by atoms with Crippen LogP contribution in [0, 0.1) is 6.92 Å². The van der Waals surface area contributed by atoms with Crippen molar-refractivity contribution in [3.8, 4) is 11.3 Å². The maximum Gasteiger partial charge on any atom is 0.238 e. The van der Waals surface area contributed by atoms with Gasteiger partial charge < -0.3 is 14.7 Å². The van der Waals surface area contributed by atoms with Crippen molar-refractivity contribution in [2.24, 2.45) is 4.99 Å². The minimum Gasteiger partial charge on any atom is -0.470 e. The molecule has 0 atom stereocenters. The number of hydrogen-bond donors (Lipinski definition) is 1. The lowest BCUT2D eigenvalue weighted by Gasteiger charge is -2.22. The number of carbonyl (C=O) groups is 1. The summed E-state index contributed by atoms with van der Waals surface area (Å²) in [6.45, 7) is 7.01. The van der Waals surface area contributed by atoms with Crippen LogP contribution in [0.4, 0.5) is 5.69 Å². The van der Waals surface area contributed by atoms with Gasteiger partial charge in [0.15, 0.2) is 12.1 Å². The molecule has 0 radical (unpaired) electrons. The Morgan fingerprint density at radius 1 is 1.31 bits per heavy atom. The number of thiazole rings is 1. The van der Waals surface area contributed by atoms with Gasteiger partial charge in [0.05, 0.1) is 27.1 Å². The first kappa shape index (κ1) is 26.7. The van der Waals surface area contributed by atoms with Crippen molar-refractivity contribution in [2.75, 3.05) is 11.9 Å². The van der Waals surface area contributed by atoms with Crippen LogP contribution >= 0.6 is 34.5 Å². The van der Waals surface area contributed by atoms with Gasteiger partial charge in [0.25, 0.3) is 0 Å². The highest BCUT2D eigenvalue weighted by Crippen LogP contribution is 2.31. The molecule has 0 saturated carbocycles. The standard InChI is InChI=1S/C24H25Cl2N5O3S/c1-14(28-22(19(26)11-32)34-12-17-13-35-15(2)29-17)31(5)21-10-16(6-7-18(21)25)20-8-9-27-23(30-20)24(3,4)33/h6-11,13,33H,12H2,1-5H3/b22-19-,28-14-. The fraction of sp³-hybridized carbons (Fsp3) is 0.292. The van der Waals surface area contributed by atoms with E-state index in [0.29, 0.717) is 40.0 Å². The van der Waals surface area contributed by atoms with Crippen molar-refractivity contribution in [3.05, 3.63) is 68.3 Å². The number of rotatable bonds is 8. The normalized spacial score (nSPS) is 12.9. The molecule has 3 rings (SSSR count). The van der Waals surface area contributed by atoms with Crippen molar-refractivity contribution in [3.63, 3.8) is 0 Å². The summed E-state index contributed by atoms with van der Waals surface area (Å²) in [6.07, 6.45) is 2.07. The number of aliphatic hydroxyl groups is 1. The number of allylic oxidation sites excluding steroid dienone is 1. The van der Waals surface area contributed by atoms with Crippen LogP contribution in [0.1, 0.15) is 37.3 Å². The molecule has 35 heavy (non-hydrogen) atoms. The lowest BCUT2D eigenvalue weighted by Crippen LogP contribution is -2.24. The highest BCUT2D eigenvalue weighted by atomic mass is 35.5. The van der Waals surface area contributed by atoms with E-state index in [-0.39, 0.29) is 17.5 Å². The maximum absolute atomic E-state index is 11.3. The first-order valence-corrected chi connectivity index (χ1v) is 12.2. The summed E-state index contributed by atoms with van der Waals surface area (Å²) >= 11 is 14.1. The van der Waals surface area contributed by atoms with Gasteiger partial charge in [0.1, 0.15) is 23.1 Å². The molecule has 1 N–H and O–H groups in total. The van der Waals surface area contributed by atoms with Gasteiger partial charge in [-0.25, -0.2) is 15.0 Å². The van der Waals surface area contributed by atoms with E-state index in [0.717, 1.165) is 10.6 Å². The smallest absolute Gasteiger partial charge is 0.238 e. The highest BCUT2D eigenvalue weighted by Gasteiger charge is 2.20. The predicted octanol–water partition coefficient (Wildman–Crippen LogP) is 5.47. The molecule has 0 unspecified atom stereocenters. The van der Waals surface area contributed by atoms with Gasteiger partial charge in [-0.05, 0) is 45.9 Å². The third kappa shape index (κ3) is 6.85. The number of carbonyl (C=O) groups excluding carboxylic acids is 1. The van der Waals surface area contributed by atoms with Gasteiger partial charge in [-0.3, -0.25) is 4.79 Å². The second kappa shape index (κ2) is 11.3. The number of amidine groups is 1. The average molecular weight is 534 g/mol. The fourth-order valence-electron chi connectivity index (χ4n) is 2.96. The Morgan fingerprint density at radius 3 is 2.69 bits per heavy atom. The Labute approximate surface area is 218 Å². The molecule has 2 heterocycles. The molecule has 1 aromatic carbocycles. The minimum absolute atomic E-state index is 0.0189. The zero-order chi connectivity index (χ0) is 25.8. The van der Waals surface area contributed by atoms with Crippen LogP contribution < -0.4 is 4.90 Å². The Morgan fingerprint density at radius 2 is 2.06 bits per heavy atom. The predicted molar refractivity (Wildman–Crippen MR) is 140 cm³/mol. The topological polar surface area (TPSA) is 101 Å². The largest absolute Gasteiger partial charge is 0.470 e. The molecule has 0 aliphatic heterocycles. The van der Waals surface area contributed by atoms with Crippen LogP contribution in [0.5, 0.6) is 0 Å². The summed E-state index contributed by atoms with van der Waals surface area (Å²) in [4.78, 5) is 30.5. The number of hydrogen-bond acceptors (Lipinski definition) is 8. The van der Waals surface area contributed by atoms with Crippen molar-refractivity contribution in [1.82, 2.24) is 15.0 Å². The number of ether oxygens (including phenoxy) is 1. The summed E-state index contributed by atoms with van der Waals surface area (Å²) in [7, 11) is 1.78. The molecule has 0 aliphatic rings. The molecule has 0 aliphatic carbocycles. The number of benzene rings is 1. The molecule has 11 heteroatoms. The van der Waals surface area contributed by atoms with Crippen molar-refractivity contribution < 1.29 is 14.6 Å². The Balaban J connectivity index is 1.90. The first-order valence-electron chi connectivity index (χ1n) is 10.5. The van der Waals surface area contributed by atoms with E-state index in [9.17, 15) is 9.90 Å². The quantitative estimate of drug-likeness (QED) is 0.135. The number of aliphatic imine (C=N–C) groups is 1. The summed E-state index contributed by atoms with van der Waals surface area (Å²) in [5.74, 6) is 0.770. The molecule has 0 fully saturated rings. The minimum atomic E-state index is -1.18. The molecule has 2 aromatic heterocycles. The van der Waals surface area contributed by atoms with Gasteiger partial charge in [0.2, 0.25) is 5.88 Å². The van der Waals surface area contributed by atoms with Crippen LogP contribution in [0.15, 0.2) is 51.8 Å². The molecule has 0 bridgehead atoms. The van der Waals surface area contributed by atoms with Gasteiger partial charge in [-0.2, -0.15) is 4.99 Å². The molecular formula is C24H25Cl2N5O3S. The highest BCUT2D eigenvalue weighted by molar-refractivity contribution is 7.09. The van der Waals surface area contributed by atoms with E-state index in [4.69, 9.17) is 27.9 Å².